The van der Waals surface area contributed by atoms with Gasteiger partial charge in [-0.15, -0.1) is 0 Å². The van der Waals surface area contributed by atoms with Crippen LogP contribution in [0.1, 0.15) is 85.0 Å². The van der Waals surface area contributed by atoms with E-state index in [-0.39, 0.29) is 0 Å². The molecule has 0 aliphatic heterocycles. The van der Waals surface area contributed by atoms with E-state index in [2.05, 4.69) is 20.8 Å². The topological polar surface area (TPSA) is 37.3 Å². The van der Waals surface area contributed by atoms with Crippen LogP contribution < -0.4 is 0 Å². The highest BCUT2D eigenvalue weighted by atomic mass is 16.3. The Balaban J connectivity index is 1.59. The minimum atomic E-state index is -0.428. The minimum Gasteiger partial charge on any atom is -0.390 e. The summed E-state index contributed by atoms with van der Waals surface area (Å²) in [6.07, 6.45) is 13.2. The summed E-state index contributed by atoms with van der Waals surface area (Å²) in [5.74, 6) is 3.95. The molecule has 1 N–H and O–H groups in total. The Morgan fingerprint density at radius 2 is 1.67 bits per heavy atom. The molecule has 4 rings (SSSR count). The van der Waals surface area contributed by atoms with Gasteiger partial charge in [0.25, 0.3) is 0 Å². The van der Waals surface area contributed by atoms with Gasteiger partial charge in [-0.3, -0.25) is 0 Å². The summed E-state index contributed by atoms with van der Waals surface area (Å²) in [6.45, 7) is 7.12. The molecule has 0 radical (unpaired) electrons. The van der Waals surface area contributed by atoms with Crippen molar-refractivity contribution in [1.29, 1.82) is 0 Å². The van der Waals surface area contributed by atoms with Gasteiger partial charge in [-0.2, -0.15) is 0 Å². The Labute approximate surface area is 147 Å². The zero-order valence-corrected chi connectivity index (χ0v) is 15.9. The van der Waals surface area contributed by atoms with Crippen molar-refractivity contribution in [2.45, 2.75) is 90.6 Å². The first-order chi connectivity index (χ1) is 11.3. The molecular weight excluding hydrogens is 296 g/mol. The van der Waals surface area contributed by atoms with E-state index in [4.69, 9.17) is 0 Å². The molecule has 2 heteroatoms. The van der Waals surface area contributed by atoms with Gasteiger partial charge < -0.3 is 9.90 Å². The third kappa shape index (κ3) is 2.35. The van der Waals surface area contributed by atoms with Crippen molar-refractivity contribution in [3.05, 3.63) is 0 Å². The largest absolute Gasteiger partial charge is 0.390 e. The number of fused-ring (bicyclic) bond motifs is 5. The summed E-state index contributed by atoms with van der Waals surface area (Å²) in [4.78, 5) is 11.1. The number of hydrogen-bond donors (Lipinski definition) is 1. The lowest BCUT2D eigenvalue weighted by atomic mass is 9.44. The van der Waals surface area contributed by atoms with Gasteiger partial charge in [0.1, 0.15) is 6.29 Å². The standard InChI is InChI=1S/C22H36O2/c1-20(24)11-12-22(3)16(14-20)4-6-17-18-7-5-15(9-13-23)21(18,2)10-8-19(17)22/h13,15-19,24H,4-12,14H2,1-3H3/t15-,16-,17+,18-,19-,20+,21-,22-/m0/s1. The SMILES string of the molecule is C[C@@]1(O)CC[C@@]2(C)[C@@H](CC[C@@H]3[C@@H]4CC[C@@H](CC=O)[C@]4(C)CC[C@@H]32)C1. The van der Waals surface area contributed by atoms with Crippen molar-refractivity contribution < 1.29 is 9.90 Å². The van der Waals surface area contributed by atoms with Gasteiger partial charge in [0.2, 0.25) is 0 Å². The van der Waals surface area contributed by atoms with Crippen LogP contribution in [0.15, 0.2) is 0 Å². The van der Waals surface area contributed by atoms with E-state index in [1.165, 1.54) is 51.2 Å². The predicted molar refractivity (Wildman–Crippen MR) is 96.5 cm³/mol. The van der Waals surface area contributed by atoms with E-state index in [9.17, 15) is 9.90 Å². The van der Waals surface area contributed by atoms with Gasteiger partial charge in [0.05, 0.1) is 5.60 Å². The maximum atomic E-state index is 11.1. The van der Waals surface area contributed by atoms with Crippen molar-refractivity contribution in [3.63, 3.8) is 0 Å². The molecule has 4 saturated carbocycles. The molecular formula is C22H36O2. The number of carbonyl (C=O) groups excluding carboxylic acids is 1. The molecule has 0 amide bonds. The lowest BCUT2D eigenvalue weighted by molar-refractivity contribution is -0.146. The van der Waals surface area contributed by atoms with Crippen LogP contribution in [0, 0.1) is 40.4 Å². The lowest BCUT2D eigenvalue weighted by Crippen LogP contribution is -2.55. The summed E-state index contributed by atoms with van der Waals surface area (Å²) in [7, 11) is 0. The van der Waals surface area contributed by atoms with Crippen LogP contribution in [0.4, 0.5) is 0 Å². The van der Waals surface area contributed by atoms with Crippen molar-refractivity contribution in [1.82, 2.24) is 0 Å². The van der Waals surface area contributed by atoms with E-state index in [0.29, 0.717) is 16.7 Å². The fourth-order valence-corrected chi connectivity index (χ4v) is 8.04. The van der Waals surface area contributed by atoms with Gasteiger partial charge in [-0.1, -0.05) is 13.8 Å². The molecule has 0 spiro atoms. The predicted octanol–water partition coefficient (Wildman–Crippen LogP) is 4.99. The number of aldehydes is 1. The zero-order chi connectivity index (χ0) is 17.2. The Kier molecular flexibility index (Phi) is 3.95. The second-order valence-electron chi connectivity index (χ2n) is 10.6. The third-order valence-electron chi connectivity index (χ3n) is 9.53. The molecule has 4 fully saturated rings. The monoisotopic (exact) mass is 332 g/mol. The summed E-state index contributed by atoms with van der Waals surface area (Å²) in [5, 5.41) is 10.6. The Morgan fingerprint density at radius 1 is 0.917 bits per heavy atom. The van der Waals surface area contributed by atoms with E-state index in [0.717, 1.165) is 42.9 Å². The quantitative estimate of drug-likeness (QED) is 0.724. The van der Waals surface area contributed by atoms with E-state index >= 15 is 0 Å². The van der Waals surface area contributed by atoms with Crippen LogP contribution >= 0.6 is 0 Å². The molecule has 0 aromatic rings. The number of hydrogen-bond acceptors (Lipinski definition) is 2. The molecule has 2 nitrogen and oxygen atoms in total. The van der Waals surface area contributed by atoms with Crippen molar-refractivity contribution in [3.8, 4) is 0 Å². The summed E-state index contributed by atoms with van der Waals surface area (Å²) in [6, 6.07) is 0. The van der Waals surface area contributed by atoms with Crippen molar-refractivity contribution >= 4 is 6.29 Å². The number of carbonyl (C=O) groups is 1. The fourth-order valence-electron chi connectivity index (χ4n) is 8.04. The molecule has 0 saturated heterocycles. The summed E-state index contributed by atoms with van der Waals surface area (Å²) >= 11 is 0. The van der Waals surface area contributed by atoms with Gasteiger partial charge in [0.15, 0.2) is 0 Å². The minimum absolute atomic E-state index is 0.422. The van der Waals surface area contributed by atoms with Crippen LogP contribution in [-0.4, -0.2) is 17.0 Å². The molecule has 0 unspecified atom stereocenters. The average Bonchev–Trinajstić information content (AvgIpc) is 2.85. The highest BCUT2D eigenvalue weighted by molar-refractivity contribution is 5.50. The second kappa shape index (κ2) is 5.56. The van der Waals surface area contributed by atoms with E-state index in [1.807, 2.05) is 0 Å². The molecule has 4 aliphatic rings. The molecule has 0 bridgehead atoms. The van der Waals surface area contributed by atoms with Crippen LogP contribution in [0.5, 0.6) is 0 Å². The Morgan fingerprint density at radius 3 is 2.42 bits per heavy atom. The second-order valence-corrected chi connectivity index (χ2v) is 10.6. The smallest absolute Gasteiger partial charge is 0.120 e. The Bertz CT molecular complexity index is 512. The number of aliphatic hydroxyl groups is 1. The maximum Gasteiger partial charge on any atom is 0.120 e. The van der Waals surface area contributed by atoms with Gasteiger partial charge in [-0.25, -0.2) is 0 Å². The summed E-state index contributed by atoms with van der Waals surface area (Å²) < 4.78 is 0. The van der Waals surface area contributed by atoms with E-state index < -0.39 is 5.60 Å². The van der Waals surface area contributed by atoms with Gasteiger partial charge in [-0.05, 0) is 105 Å². The Hall–Kier alpha value is -0.370. The van der Waals surface area contributed by atoms with Crippen molar-refractivity contribution in [2.75, 3.05) is 0 Å². The highest BCUT2D eigenvalue weighted by Crippen LogP contribution is 2.68. The molecule has 0 aromatic heterocycles. The van der Waals surface area contributed by atoms with Gasteiger partial charge in [0, 0.05) is 6.42 Å². The normalized spacial score (nSPS) is 56.9. The molecule has 0 aromatic carbocycles. The first-order valence-electron chi connectivity index (χ1n) is 10.5. The van der Waals surface area contributed by atoms with Crippen LogP contribution in [0.2, 0.25) is 0 Å². The number of rotatable bonds is 2. The third-order valence-corrected chi connectivity index (χ3v) is 9.53. The van der Waals surface area contributed by atoms with E-state index in [1.54, 1.807) is 0 Å². The van der Waals surface area contributed by atoms with Crippen LogP contribution in [0.25, 0.3) is 0 Å². The fraction of sp³-hybridized carbons (Fsp3) is 0.955. The van der Waals surface area contributed by atoms with Crippen molar-refractivity contribution in [2.24, 2.45) is 40.4 Å². The zero-order valence-electron chi connectivity index (χ0n) is 15.9. The first kappa shape index (κ1) is 17.1. The summed E-state index contributed by atoms with van der Waals surface area (Å²) in [5.41, 5.74) is 0.448. The van der Waals surface area contributed by atoms with Crippen LogP contribution in [0.3, 0.4) is 0 Å². The molecule has 0 heterocycles. The lowest BCUT2D eigenvalue weighted by Gasteiger charge is -2.62. The molecule has 4 aliphatic carbocycles. The average molecular weight is 333 g/mol. The molecule has 136 valence electrons. The molecule has 24 heavy (non-hydrogen) atoms. The first-order valence-corrected chi connectivity index (χ1v) is 10.5. The molecule has 8 atom stereocenters. The highest BCUT2D eigenvalue weighted by Gasteiger charge is 2.60. The van der Waals surface area contributed by atoms with Gasteiger partial charge >= 0.3 is 0 Å². The van der Waals surface area contributed by atoms with Crippen LogP contribution in [-0.2, 0) is 4.79 Å². The maximum absolute atomic E-state index is 11.1.